The highest BCUT2D eigenvalue weighted by atomic mass is 79.9. The van der Waals surface area contributed by atoms with Gasteiger partial charge in [-0.15, -0.1) is 0 Å². The first kappa shape index (κ1) is 14.9. The lowest BCUT2D eigenvalue weighted by Gasteiger charge is -2.11. The third-order valence-electron chi connectivity index (χ3n) is 2.57. The molecular weight excluding hydrogens is 345 g/mol. The van der Waals surface area contributed by atoms with Gasteiger partial charge < -0.3 is 10.5 Å². The topological polar surface area (TPSA) is 102 Å². The molecule has 0 aliphatic heterocycles. The van der Waals surface area contributed by atoms with Crippen molar-refractivity contribution in [3.63, 3.8) is 0 Å². The standard InChI is InChI=1S/C13H9BrFN3O3/c14-7-1-4-11(9(5-7)13(16)17)21-12-6-8(15)2-3-10(12)18(19)20/h1-6H,(H3,16,17). The summed E-state index contributed by atoms with van der Waals surface area (Å²) in [5.41, 5.74) is 5.30. The van der Waals surface area contributed by atoms with Crippen LogP contribution in [0.2, 0.25) is 0 Å². The number of rotatable bonds is 4. The van der Waals surface area contributed by atoms with E-state index in [0.29, 0.717) is 4.47 Å². The molecule has 2 rings (SSSR count). The highest BCUT2D eigenvalue weighted by Crippen LogP contribution is 2.34. The summed E-state index contributed by atoms with van der Waals surface area (Å²) in [6, 6.07) is 7.52. The van der Waals surface area contributed by atoms with Crippen LogP contribution in [0.4, 0.5) is 10.1 Å². The molecular formula is C13H9BrFN3O3. The third-order valence-corrected chi connectivity index (χ3v) is 3.06. The summed E-state index contributed by atoms with van der Waals surface area (Å²) < 4.78 is 19.3. The van der Waals surface area contributed by atoms with Crippen LogP contribution in [0, 0.1) is 21.3 Å². The third kappa shape index (κ3) is 3.34. The quantitative estimate of drug-likeness (QED) is 0.379. The minimum atomic E-state index is -0.679. The average molecular weight is 354 g/mol. The molecule has 8 heteroatoms. The van der Waals surface area contributed by atoms with Gasteiger partial charge in [0.1, 0.15) is 17.4 Å². The van der Waals surface area contributed by atoms with Crippen LogP contribution in [0.25, 0.3) is 0 Å². The van der Waals surface area contributed by atoms with E-state index in [4.69, 9.17) is 15.9 Å². The van der Waals surface area contributed by atoms with Crippen molar-refractivity contribution in [3.8, 4) is 11.5 Å². The molecule has 3 N–H and O–H groups in total. The van der Waals surface area contributed by atoms with E-state index in [9.17, 15) is 14.5 Å². The molecule has 2 aromatic rings. The van der Waals surface area contributed by atoms with Gasteiger partial charge in [0.25, 0.3) is 0 Å². The van der Waals surface area contributed by atoms with Gasteiger partial charge in [0, 0.05) is 16.6 Å². The average Bonchev–Trinajstić information content (AvgIpc) is 2.40. The zero-order valence-electron chi connectivity index (χ0n) is 10.5. The SMILES string of the molecule is N=C(N)c1cc(Br)ccc1Oc1cc(F)ccc1[N+](=O)[O-]. The van der Waals surface area contributed by atoms with Crippen molar-refractivity contribution in [1.82, 2.24) is 0 Å². The Labute approximate surface area is 127 Å². The summed E-state index contributed by atoms with van der Waals surface area (Å²) in [4.78, 5) is 10.2. The smallest absolute Gasteiger partial charge is 0.311 e. The van der Waals surface area contributed by atoms with E-state index in [1.807, 2.05) is 0 Å². The Morgan fingerprint density at radius 1 is 1.29 bits per heavy atom. The summed E-state index contributed by atoms with van der Waals surface area (Å²) in [6.07, 6.45) is 0. The number of ether oxygens (including phenoxy) is 1. The highest BCUT2D eigenvalue weighted by Gasteiger charge is 2.18. The number of hydrogen-bond donors (Lipinski definition) is 2. The fourth-order valence-corrected chi connectivity index (χ4v) is 2.00. The minimum absolute atomic E-state index is 0.124. The molecule has 21 heavy (non-hydrogen) atoms. The summed E-state index contributed by atoms with van der Waals surface area (Å²) in [5, 5.41) is 18.4. The van der Waals surface area contributed by atoms with Gasteiger partial charge in [-0.05, 0) is 24.3 Å². The van der Waals surface area contributed by atoms with Crippen molar-refractivity contribution in [3.05, 3.63) is 62.4 Å². The van der Waals surface area contributed by atoms with E-state index in [1.54, 1.807) is 6.07 Å². The first-order valence-corrected chi connectivity index (χ1v) is 6.43. The molecule has 0 amide bonds. The predicted octanol–water partition coefficient (Wildman–Crippen LogP) is 3.57. The second kappa shape index (κ2) is 5.88. The molecule has 0 saturated heterocycles. The van der Waals surface area contributed by atoms with Crippen molar-refractivity contribution in [2.45, 2.75) is 0 Å². The Balaban J connectivity index is 2.50. The molecule has 2 aromatic carbocycles. The van der Waals surface area contributed by atoms with E-state index < -0.39 is 10.7 Å². The van der Waals surface area contributed by atoms with Crippen LogP contribution in [0.3, 0.4) is 0 Å². The number of hydrogen-bond acceptors (Lipinski definition) is 4. The zero-order valence-corrected chi connectivity index (χ0v) is 12.1. The van der Waals surface area contributed by atoms with Crippen LogP contribution in [-0.2, 0) is 0 Å². The van der Waals surface area contributed by atoms with Gasteiger partial charge in [0.2, 0.25) is 5.75 Å². The maximum atomic E-state index is 13.3. The van der Waals surface area contributed by atoms with Crippen LogP contribution in [-0.4, -0.2) is 10.8 Å². The van der Waals surface area contributed by atoms with Crippen molar-refractivity contribution in [2.75, 3.05) is 0 Å². The van der Waals surface area contributed by atoms with Crippen LogP contribution in [0.15, 0.2) is 40.9 Å². The van der Waals surface area contributed by atoms with Crippen molar-refractivity contribution < 1.29 is 14.1 Å². The van der Waals surface area contributed by atoms with Crippen LogP contribution in [0.5, 0.6) is 11.5 Å². The van der Waals surface area contributed by atoms with E-state index in [2.05, 4.69) is 15.9 Å². The van der Waals surface area contributed by atoms with Gasteiger partial charge in [-0.25, -0.2) is 4.39 Å². The van der Waals surface area contributed by atoms with Crippen molar-refractivity contribution in [1.29, 1.82) is 5.41 Å². The zero-order chi connectivity index (χ0) is 15.6. The Morgan fingerprint density at radius 2 is 2.00 bits per heavy atom. The molecule has 0 unspecified atom stereocenters. The number of nitrogens with zero attached hydrogens (tertiary/aromatic N) is 1. The Morgan fingerprint density at radius 3 is 2.62 bits per heavy atom. The van der Waals surface area contributed by atoms with Gasteiger partial charge in [0.15, 0.2) is 0 Å². The number of nitro groups is 1. The molecule has 0 spiro atoms. The maximum absolute atomic E-state index is 13.3. The number of nitrogen functional groups attached to an aromatic ring is 1. The summed E-state index contributed by atoms with van der Waals surface area (Å²) in [6.45, 7) is 0. The van der Waals surface area contributed by atoms with Gasteiger partial charge in [0.05, 0.1) is 10.5 Å². The second-order valence-corrected chi connectivity index (χ2v) is 4.94. The fourth-order valence-electron chi connectivity index (χ4n) is 1.64. The first-order valence-electron chi connectivity index (χ1n) is 5.64. The van der Waals surface area contributed by atoms with Gasteiger partial charge in [-0.3, -0.25) is 15.5 Å². The number of nitro benzene ring substituents is 1. The largest absolute Gasteiger partial charge is 0.449 e. The van der Waals surface area contributed by atoms with Crippen molar-refractivity contribution in [2.24, 2.45) is 5.73 Å². The number of halogens is 2. The fraction of sp³-hybridized carbons (Fsp3) is 0. The van der Waals surface area contributed by atoms with Gasteiger partial charge in [-0.2, -0.15) is 0 Å². The van der Waals surface area contributed by atoms with Gasteiger partial charge in [-0.1, -0.05) is 15.9 Å². The van der Waals surface area contributed by atoms with E-state index in [1.165, 1.54) is 12.1 Å². The molecule has 0 radical (unpaired) electrons. The number of nitrogens with one attached hydrogen (secondary N) is 1. The first-order chi connectivity index (χ1) is 9.88. The van der Waals surface area contributed by atoms with E-state index in [-0.39, 0.29) is 28.6 Å². The molecule has 0 atom stereocenters. The summed E-state index contributed by atoms with van der Waals surface area (Å²) >= 11 is 3.22. The molecule has 108 valence electrons. The van der Waals surface area contributed by atoms with E-state index in [0.717, 1.165) is 18.2 Å². The second-order valence-electron chi connectivity index (χ2n) is 4.03. The minimum Gasteiger partial charge on any atom is -0.449 e. The van der Waals surface area contributed by atoms with E-state index >= 15 is 0 Å². The van der Waals surface area contributed by atoms with Crippen molar-refractivity contribution >= 4 is 27.5 Å². The Kier molecular flexibility index (Phi) is 4.18. The molecule has 0 heterocycles. The Hall–Kier alpha value is -2.48. The number of amidine groups is 1. The lowest BCUT2D eigenvalue weighted by atomic mass is 10.2. The van der Waals surface area contributed by atoms with Gasteiger partial charge >= 0.3 is 5.69 Å². The number of benzene rings is 2. The molecule has 0 bridgehead atoms. The lowest BCUT2D eigenvalue weighted by Crippen LogP contribution is -2.12. The van der Waals surface area contributed by atoms with Crippen LogP contribution >= 0.6 is 15.9 Å². The molecule has 6 nitrogen and oxygen atoms in total. The Bertz CT molecular complexity index is 737. The summed E-state index contributed by atoms with van der Waals surface area (Å²) in [5.74, 6) is -1.08. The maximum Gasteiger partial charge on any atom is 0.311 e. The molecule has 0 fully saturated rings. The summed E-state index contributed by atoms with van der Waals surface area (Å²) in [7, 11) is 0. The van der Waals surface area contributed by atoms with Crippen LogP contribution < -0.4 is 10.5 Å². The molecule has 0 saturated carbocycles. The number of nitrogens with two attached hydrogens (primary N) is 1. The highest BCUT2D eigenvalue weighted by molar-refractivity contribution is 9.10. The monoisotopic (exact) mass is 353 g/mol. The molecule has 0 aliphatic rings. The lowest BCUT2D eigenvalue weighted by molar-refractivity contribution is -0.385. The van der Waals surface area contributed by atoms with Crippen LogP contribution in [0.1, 0.15) is 5.56 Å². The predicted molar refractivity (Wildman–Crippen MR) is 78.3 cm³/mol. The molecule has 0 aromatic heterocycles. The normalized spacial score (nSPS) is 10.2. The molecule has 0 aliphatic carbocycles.